The van der Waals surface area contributed by atoms with Gasteiger partial charge in [-0.25, -0.2) is 8.42 Å². The fourth-order valence-electron chi connectivity index (χ4n) is 6.39. The number of carbonyl (C=O) groups is 2. The van der Waals surface area contributed by atoms with Crippen molar-refractivity contribution in [1.29, 1.82) is 0 Å². The number of hydrogen-bond acceptors (Lipinski definition) is 8. The Balaban J connectivity index is 0.00000384. The van der Waals surface area contributed by atoms with Crippen molar-refractivity contribution in [3.63, 3.8) is 0 Å². The highest BCUT2D eigenvalue weighted by Gasteiger charge is 2.44. The molecule has 10 nitrogen and oxygen atoms in total. The molecule has 2 aromatic rings. The molecule has 1 atom stereocenters. The van der Waals surface area contributed by atoms with Gasteiger partial charge in [-0.15, -0.1) is 24.8 Å². The Bertz CT molecular complexity index is 1350. The van der Waals surface area contributed by atoms with Gasteiger partial charge in [-0.1, -0.05) is 57.6 Å². The number of piperidine rings is 1. The third kappa shape index (κ3) is 12.8. The van der Waals surface area contributed by atoms with Crippen molar-refractivity contribution in [3.05, 3.63) is 54.1 Å². The van der Waals surface area contributed by atoms with E-state index >= 15 is 0 Å². The van der Waals surface area contributed by atoms with Crippen LogP contribution < -0.4 is 20.1 Å². The van der Waals surface area contributed by atoms with Gasteiger partial charge >= 0.3 is 5.97 Å². The van der Waals surface area contributed by atoms with Crippen molar-refractivity contribution in [2.45, 2.75) is 89.3 Å². The maximum Gasteiger partial charge on any atom is 0.322 e. The van der Waals surface area contributed by atoms with E-state index in [-0.39, 0.29) is 36.7 Å². The van der Waals surface area contributed by atoms with Gasteiger partial charge in [0.15, 0.2) is 0 Å². The minimum Gasteiger partial charge on any atom is -0.468 e. The van der Waals surface area contributed by atoms with Crippen LogP contribution in [-0.4, -0.2) is 69.8 Å². The van der Waals surface area contributed by atoms with Crippen LogP contribution >= 0.6 is 24.8 Å². The van der Waals surface area contributed by atoms with Crippen LogP contribution in [0.2, 0.25) is 0 Å². The fraction of sp³-hybridized carbons (Fsp3) is 0.588. The van der Waals surface area contributed by atoms with Crippen molar-refractivity contribution in [2.24, 2.45) is 5.92 Å². The number of benzene rings is 2. The van der Waals surface area contributed by atoms with E-state index in [1.54, 1.807) is 24.3 Å². The highest BCUT2D eigenvalue weighted by atomic mass is 35.5. The summed E-state index contributed by atoms with van der Waals surface area (Å²) in [5, 5.41) is 6.71. The number of nitrogens with one attached hydrogen (secondary N) is 3. The van der Waals surface area contributed by atoms with E-state index in [1.807, 2.05) is 24.3 Å². The number of hydrogen-bond donors (Lipinski definition) is 3. The zero-order valence-corrected chi connectivity index (χ0v) is 30.2. The second-order valence-electron chi connectivity index (χ2n) is 12.6. The lowest BCUT2D eigenvalue weighted by Gasteiger charge is -2.43. The molecule has 0 bridgehead atoms. The topological polar surface area (TPSA) is 126 Å². The van der Waals surface area contributed by atoms with E-state index in [1.165, 1.54) is 26.4 Å². The van der Waals surface area contributed by atoms with Gasteiger partial charge in [0.2, 0.25) is 15.9 Å². The van der Waals surface area contributed by atoms with Crippen molar-refractivity contribution in [2.75, 3.05) is 37.7 Å². The molecule has 1 heterocycles. The van der Waals surface area contributed by atoms with E-state index in [0.717, 1.165) is 57.1 Å². The SMILES string of the molecule is CCCCNC(=O)C1(N[C@@H](CC2CCCCC2)C(=O)OC)CCN(Cc2ccc(Oc3ccc(NS(C)(=O)=O)cc3)cc2)CC1.Cl.Cl. The minimum atomic E-state index is -3.33. The Morgan fingerprint density at radius 1 is 0.957 bits per heavy atom. The van der Waals surface area contributed by atoms with Crippen LogP contribution in [0.5, 0.6) is 11.5 Å². The minimum absolute atomic E-state index is 0. The molecule has 1 aliphatic heterocycles. The summed E-state index contributed by atoms with van der Waals surface area (Å²) in [5.74, 6) is 1.45. The predicted octanol–water partition coefficient (Wildman–Crippen LogP) is 6.05. The standard InChI is InChI=1S/C34H50N4O6S.2ClH/c1-4-5-21-35-33(40)34(36-31(32(39)43-2)24-26-9-7-6-8-10-26)19-22-38(23-20-34)25-27-11-15-29(16-12-27)44-30-17-13-28(14-18-30)37-45(3,41)42;;/h11-18,26,31,36-37H,4-10,19-25H2,1-3H3,(H,35,40);2*1H/t31-;;/m0../s1. The van der Waals surface area contributed by atoms with Crippen LogP contribution in [0.15, 0.2) is 48.5 Å². The number of halogens is 2. The molecule has 2 aromatic carbocycles. The number of unbranched alkanes of at least 4 members (excludes halogenated alkanes) is 1. The Morgan fingerprint density at radius 2 is 1.55 bits per heavy atom. The molecule has 264 valence electrons. The molecule has 1 amide bonds. The van der Waals surface area contributed by atoms with Crippen molar-refractivity contribution in [3.8, 4) is 11.5 Å². The van der Waals surface area contributed by atoms with Gasteiger partial charge in [-0.2, -0.15) is 0 Å². The summed E-state index contributed by atoms with van der Waals surface area (Å²) in [6, 6.07) is 14.1. The van der Waals surface area contributed by atoms with Crippen molar-refractivity contribution in [1.82, 2.24) is 15.5 Å². The van der Waals surface area contributed by atoms with Gasteiger partial charge in [0.25, 0.3) is 0 Å². The number of rotatable bonds is 15. The molecular formula is C34H52Cl2N4O6S. The number of likely N-dealkylation sites (tertiary alicyclic amines) is 1. The summed E-state index contributed by atoms with van der Waals surface area (Å²) in [7, 11) is -1.90. The van der Waals surface area contributed by atoms with Gasteiger partial charge in [-0.3, -0.25) is 24.5 Å². The zero-order valence-electron chi connectivity index (χ0n) is 27.8. The molecule has 47 heavy (non-hydrogen) atoms. The highest BCUT2D eigenvalue weighted by Crippen LogP contribution is 2.31. The molecule has 1 saturated heterocycles. The van der Waals surface area contributed by atoms with Gasteiger partial charge in [0, 0.05) is 31.9 Å². The average molecular weight is 716 g/mol. The molecule has 0 spiro atoms. The lowest BCUT2D eigenvalue weighted by atomic mass is 9.81. The second-order valence-corrected chi connectivity index (χ2v) is 14.3. The molecule has 2 aliphatic rings. The molecule has 0 radical (unpaired) electrons. The summed E-state index contributed by atoms with van der Waals surface area (Å²) in [4.78, 5) is 29.0. The first-order valence-corrected chi connectivity index (χ1v) is 18.2. The average Bonchev–Trinajstić information content (AvgIpc) is 3.03. The molecule has 1 aliphatic carbocycles. The Labute approximate surface area is 293 Å². The van der Waals surface area contributed by atoms with E-state index < -0.39 is 21.6 Å². The zero-order chi connectivity index (χ0) is 32.3. The maximum atomic E-state index is 13.7. The quantitative estimate of drug-likeness (QED) is 0.151. The van der Waals surface area contributed by atoms with Crippen molar-refractivity contribution >= 4 is 52.4 Å². The molecule has 1 saturated carbocycles. The van der Waals surface area contributed by atoms with Crippen molar-refractivity contribution < 1.29 is 27.5 Å². The van der Waals surface area contributed by atoms with E-state index in [2.05, 4.69) is 27.2 Å². The number of anilines is 1. The molecular weight excluding hydrogens is 663 g/mol. The first-order chi connectivity index (χ1) is 21.6. The molecule has 4 rings (SSSR count). The van der Waals surface area contributed by atoms with Crippen LogP contribution in [0.25, 0.3) is 0 Å². The number of nitrogens with zero attached hydrogens (tertiary/aromatic N) is 1. The lowest BCUT2D eigenvalue weighted by molar-refractivity contribution is -0.145. The Hall–Kier alpha value is -2.57. The fourth-order valence-corrected chi connectivity index (χ4v) is 6.95. The lowest BCUT2D eigenvalue weighted by Crippen LogP contribution is -2.65. The molecule has 2 fully saturated rings. The highest BCUT2D eigenvalue weighted by molar-refractivity contribution is 7.92. The predicted molar refractivity (Wildman–Crippen MR) is 191 cm³/mol. The largest absolute Gasteiger partial charge is 0.468 e. The molecule has 3 N–H and O–H groups in total. The third-order valence-electron chi connectivity index (χ3n) is 8.91. The third-order valence-corrected chi connectivity index (χ3v) is 9.52. The number of amides is 1. The number of esters is 1. The first kappa shape index (κ1) is 40.6. The number of methoxy groups -OCH3 is 1. The number of carbonyl (C=O) groups excluding carboxylic acids is 2. The summed E-state index contributed by atoms with van der Waals surface area (Å²) in [5.41, 5.74) is 0.791. The first-order valence-electron chi connectivity index (χ1n) is 16.3. The van der Waals surface area contributed by atoms with Gasteiger partial charge in [0.1, 0.15) is 23.1 Å². The normalized spacial score (nSPS) is 17.3. The van der Waals surface area contributed by atoms with Gasteiger partial charge in [0.05, 0.1) is 13.4 Å². The second kappa shape index (κ2) is 19.4. The number of sulfonamides is 1. The summed E-state index contributed by atoms with van der Waals surface area (Å²) >= 11 is 0. The summed E-state index contributed by atoms with van der Waals surface area (Å²) in [6.07, 6.45) is 10.8. The summed E-state index contributed by atoms with van der Waals surface area (Å²) in [6.45, 7) is 4.91. The molecule has 13 heteroatoms. The smallest absolute Gasteiger partial charge is 0.322 e. The van der Waals surface area contributed by atoms with Gasteiger partial charge < -0.3 is 14.8 Å². The monoisotopic (exact) mass is 714 g/mol. The molecule has 0 aromatic heterocycles. The van der Waals surface area contributed by atoms with Crippen LogP contribution in [0.3, 0.4) is 0 Å². The van der Waals surface area contributed by atoms with Crippen LogP contribution in [-0.2, 0) is 30.9 Å². The van der Waals surface area contributed by atoms with Gasteiger partial charge in [-0.05, 0) is 73.6 Å². The molecule has 0 unspecified atom stereocenters. The van der Waals surface area contributed by atoms with Crippen LogP contribution in [0.1, 0.15) is 76.7 Å². The Morgan fingerprint density at radius 3 is 2.11 bits per heavy atom. The van der Waals surface area contributed by atoms with E-state index in [0.29, 0.717) is 48.9 Å². The maximum absolute atomic E-state index is 13.7. The van der Waals surface area contributed by atoms with E-state index in [9.17, 15) is 18.0 Å². The van der Waals surface area contributed by atoms with Crippen LogP contribution in [0.4, 0.5) is 5.69 Å². The van der Waals surface area contributed by atoms with Crippen LogP contribution in [0, 0.1) is 5.92 Å². The number of ether oxygens (including phenoxy) is 2. The summed E-state index contributed by atoms with van der Waals surface area (Å²) < 4.78 is 36.4. The Kier molecular flexibility index (Phi) is 16.8. The van der Waals surface area contributed by atoms with E-state index in [4.69, 9.17) is 9.47 Å².